The molecule has 2 heteroatoms. The summed E-state index contributed by atoms with van der Waals surface area (Å²) < 4.78 is 0. The summed E-state index contributed by atoms with van der Waals surface area (Å²) in [6.07, 6.45) is 13.4. The number of nitrogens with one attached hydrogen (secondary N) is 1. The third kappa shape index (κ3) is 13.2. The van der Waals surface area contributed by atoms with Crippen molar-refractivity contribution in [2.24, 2.45) is 0 Å². The molecule has 0 aliphatic heterocycles. The molecule has 2 nitrogen and oxygen atoms in total. The van der Waals surface area contributed by atoms with Crippen molar-refractivity contribution in [1.82, 2.24) is 5.32 Å². The quantitative estimate of drug-likeness (QED) is 0.459. The fourth-order valence-corrected chi connectivity index (χ4v) is 1.45. The van der Waals surface area contributed by atoms with Gasteiger partial charge in [-0.15, -0.1) is 0 Å². The van der Waals surface area contributed by atoms with Gasteiger partial charge < -0.3 is 5.32 Å². The second-order valence-corrected chi connectivity index (χ2v) is 3.96. The molecule has 15 heavy (non-hydrogen) atoms. The van der Waals surface area contributed by atoms with Crippen LogP contribution in [-0.2, 0) is 4.79 Å². The van der Waals surface area contributed by atoms with Gasteiger partial charge in [-0.2, -0.15) is 0 Å². The van der Waals surface area contributed by atoms with Gasteiger partial charge in [0.15, 0.2) is 0 Å². The van der Waals surface area contributed by atoms with E-state index in [0.29, 0.717) is 6.54 Å². The molecule has 0 aliphatic rings. The maximum atomic E-state index is 10.5. The molecule has 0 atom stereocenters. The smallest absolute Gasteiger partial charge is 0.217 e. The summed E-state index contributed by atoms with van der Waals surface area (Å²) in [4.78, 5) is 10.5. The molecule has 0 aromatic carbocycles. The Bertz CT molecular complexity index is 175. The van der Waals surface area contributed by atoms with Gasteiger partial charge in [-0.25, -0.2) is 0 Å². The normalized spacial score (nSPS) is 10.8. The molecule has 0 heterocycles. The third-order valence-electron chi connectivity index (χ3n) is 2.36. The van der Waals surface area contributed by atoms with Crippen LogP contribution >= 0.6 is 0 Å². The Kier molecular flexibility index (Phi) is 10.7. The van der Waals surface area contributed by atoms with Crippen LogP contribution in [0.15, 0.2) is 12.2 Å². The first-order valence-corrected chi connectivity index (χ1v) is 6.16. The summed E-state index contributed by atoms with van der Waals surface area (Å²) in [6.45, 7) is 4.46. The van der Waals surface area contributed by atoms with Crippen molar-refractivity contribution in [2.45, 2.75) is 58.8 Å². The number of carbonyl (C=O) groups is 1. The summed E-state index contributed by atoms with van der Waals surface area (Å²) in [5.74, 6) is 0.0409. The first-order valence-electron chi connectivity index (χ1n) is 6.16. The van der Waals surface area contributed by atoms with E-state index in [1.807, 2.05) is 6.08 Å². The van der Waals surface area contributed by atoms with E-state index >= 15 is 0 Å². The highest BCUT2D eigenvalue weighted by atomic mass is 16.1. The van der Waals surface area contributed by atoms with Gasteiger partial charge in [0, 0.05) is 13.5 Å². The van der Waals surface area contributed by atoms with Crippen molar-refractivity contribution < 1.29 is 4.79 Å². The second-order valence-electron chi connectivity index (χ2n) is 3.96. The topological polar surface area (TPSA) is 29.1 Å². The monoisotopic (exact) mass is 211 g/mol. The van der Waals surface area contributed by atoms with Crippen LogP contribution in [-0.4, -0.2) is 12.5 Å². The van der Waals surface area contributed by atoms with Gasteiger partial charge in [0.25, 0.3) is 0 Å². The largest absolute Gasteiger partial charge is 0.353 e. The van der Waals surface area contributed by atoms with Crippen LogP contribution in [0.5, 0.6) is 0 Å². The van der Waals surface area contributed by atoms with Gasteiger partial charge in [-0.05, 0) is 12.8 Å². The average molecular weight is 211 g/mol. The summed E-state index contributed by atoms with van der Waals surface area (Å²) in [7, 11) is 0. The van der Waals surface area contributed by atoms with Crippen molar-refractivity contribution in [2.75, 3.05) is 6.54 Å². The first-order chi connectivity index (χ1) is 7.27. The molecule has 0 aliphatic carbocycles. The fourth-order valence-electron chi connectivity index (χ4n) is 1.45. The maximum Gasteiger partial charge on any atom is 0.217 e. The maximum absolute atomic E-state index is 10.5. The molecule has 0 bridgehead atoms. The molecule has 0 radical (unpaired) electrons. The number of allylic oxidation sites excluding steroid dienone is 1. The van der Waals surface area contributed by atoms with Crippen LogP contribution < -0.4 is 5.32 Å². The Morgan fingerprint density at radius 3 is 2.40 bits per heavy atom. The van der Waals surface area contributed by atoms with E-state index in [1.165, 1.54) is 38.5 Å². The Hall–Kier alpha value is -0.790. The minimum absolute atomic E-state index is 0.0409. The van der Waals surface area contributed by atoms with Crippen molar-refractivity contribution in [1.29, 1.82) is 0 Å². The molecular weight excluding hydrogens is 186 g/mol. The molecule has 0 rings (SSSR count). The van der Waals surface area contributed by atoms with Crippen molar-refractivity contribution in [3.8, 4) is 0 Å². The lowest BCUT2D eigenvalue weighted by molar-refractivity contribution is -0.118. The van der Waals surface area contributed by atoms with E-state index in [9.17, 15) is 4.79 Å². The van der Waals surface area contributed by atoms with Gasteiger partial charge in [0.2, 0.25) is 5.91 Å². The van der Waals surface area contributed by atoms with Gasteiger partial charge in [-0.1, -0.05) is 51.2 Å². The van der Waals surface area contributed by atoms with Gasteiger partial charge >= 0.3 is 0 Å². The summed E-state index contributed by atoms with van der Waals surface area (Å²) in [5, 5.41) is 2.74. The number of unbranched alkanes of at least 4 members (excludes halogenated alkanes) is 6. The van der Waals surface area contributed by atoms with E-state index in [-0.39, 0.29) is 5.91 Å². The Morgan fingerprint density at radius 1 is 1.07 bits per heavy atom. The molecule has 0 aromatic rings. The molecule has 0 unspecified atom stereocenters. The molecule has 0 aromatic heterocycles. The minimum atomic E-state index is 0.0409. The average Bonchev–Trinajstić information content (AvgIpc) is 2.20. The van der Waals surface area contributed by atoms with Gasteiger partial charge in [-0.3, -0.25) is 4.79 Å². The van der Waals surface area contributed by atoms with Crippen LogP contribution in [0.25, 0.3) is 0 Å². The number of hydrogen-bond donors (Lipinski definition) is 1. The predicted octanol–water partition coefficient (Wildman–Crippen LogP) is 3.43. The Labute approximate surface area is 94.1 Å². The van der Waals surface area contributed by atoms with E-state index < -0.39 is 0 Å². The number of hydrogen-bond acceptors (Lipinski definition) is 1. The molecule has 0 spiro atoms. The van der Waals surface area contributed by atoms with Crippen LogP contribution in [0.1, 0.15) is 58.8 Å². The zero-order chi connectivity index (χ0) is 11.4. The first kappa shape index (κ1) is 14.2. The van der Waals surface area contributed by atoms with E-state index in [0.717, 1.165) is 6.42 Å². The van der Waals surface area contributed by atoms with E-state index in [1.54, 1.807) is 6.92 Å². The molecule has 1 amide bonds. The fraction of sp³-hybridized carbons (Fsp3) is 0.769. The Balaban J connectivity index is 3.06. The number of carbonyl (C=O) groups excluding carboxylic acids is 1. The standard InChI is InChI=1S/C13H25NO/c1-3-4-5-6-7-8-9-10-11-12-14-13(2)15/h10-11H,3-9,12H2,1-2H3,(H,14,15)/b11-10+. The molecule has 1 N–H and O–H groups in total. The highest BCUT2D eigenvalue weighted by molar-refractivity contribution is 5.72. The molecule has 0 saturated heterocycles. The summed E-state index contributed by atoms with van der Waals surface area (Å²) >= 11 is 0. The van der Waals surface area contributed by atoms with Gasteiger partial charge in [0.1, 0.15) is 0 Å². The molecule has 0 saturated carbocycles. The van der Waals surface area contributed by atoms with Crippen LogP contribution in [0, 0.1) is 0 Å². The van der Waals surface area contributed by atoms with Crippen LogP contribution in [0.2, 0.25) is 0 Å². The van der Waals surface area contributed by atoms with Crippen molar-refractivity contribution in [3.63, 3.8) is 0 Å². The van der Waals surface area contributed by atoms with Gasteiger partial charge in [0.05, 0.1) is 0 Å². The van der Waals surface area contributed by atoms with E-state index in [2.05, 4.69) is 18.3 Å². The molecular formula is C13H25NO. The van der Waals surface area contributed by atoms with Crippen LogP contribution in [0.4, 0.5) is 0 Å². The zero-order valence-electron chi connectivity index (χ0n) is 10.2. The van der Waals surface area contributed by atoms with E-state index in [4.69, 9.17) is 0 Å². The summed E-state index contributed by atoms with van der Waals surface area (Å²) in [5.41, 5.74) is 0. The number of rotatable bonds is 9. The lowest BCUT2D eigenvalue weighted by Crippen LogP contribution is -2.19. The summed E-state index contributed by atoms with van der Waals surface area (Å²) in [6, 6.07) is 0. The highest BCUT2D eigenvalue weighted by Crippen LogP contribution is 2.06. The highest BCUT2D eigenvalue weighted by Gasteiger charge is 1.88. The van der Waals surface area contributed by atoms with Crippen molar-refractivity contribution in [3.05, 3.63) is 12.2 Å². The SMILES string of the molecule is CCCCCCCC/C=C/CNC(C)=O. The second kappa shape index (κ2) is 11.3. The Morgan fingerprint density at radius 2 is 1.73 bits per heavy atom. The van der Waals surface area contributed by atoms with Crippen molar-refractivity contribution >= 4 is 5.91 Å². The minimum Gasteiger partial charge on any atom is -0.353 e. The lowest BCUT2D eigenvalue weighted by Gasteiger charge is -1.98. The molecule has 88 valence electrons. The third-order valence-corrected chi connectivity index (χ3v) is 2.36. The lowest BCUT2D eigenvalue weighted by atomic mass is 10.1. The zero-order valence-corrected chi connectivity index (χ0v) is 10.2. The number of amides is 1. The predicted molar refractivity (Wildman–Crippen MR) is 65.8 cm³/mol. The van der Waals surface area contributed by atoms with Crippen LogP contribution in [0.3, 0.4) is 0 Å². The molecule has 0 fully saturated rings.